The number of carbonyl (C=O) groups excluding carboxylic acids is 2. The van der Waals surface area contributed by atoms with Gasteiger partial charge in [0, 0.05) is 12.5 Å². The van der Waals surface area contributed by atoms with Crippen LogP contribution in [0.2, 0.25) is 0 Å². The monoisotopic (exact) mass is 299 g/mol. The van der Waals surface area contributed by atoms with E-state index in [1.165, 1.54) is 17.7 Å². The Bertz CT molecular complexity index is 404. The predicted molar refractivity (Wildman–Crippen MR) is 76.4 cm³/mol. The highest BCUT2D eigenvalue weighted by Crippen LogP contribution is 2.33. The summed E-state index contributed by atoms with van der Waals surface area (Å²) in [5, 5.41) is 7.74. The van der Waals surface area contributed by atoms with Gasteiger partial charge in [-0.25, -0.2) is 0 Å². The molecule has 0 spiro atoms. The number of rotatable bonds is 4. The molecule has 1 saturated heterocycles. The Labute approximate surface area is 123 Å². The molecular weight excluding hydrogens is 278 g/mol. The zero-order chi connectivity index (χ0) is 14.7. The van der Waals surface area contributed by atoms with E-state index < -0.39 is 16.5 Å². The number of likely N-dealkylation sites (tertiary alicyclic amines) is 1. The lowest BCUT2D eigenvalue weighted by Gasteiger charge is -2.25. The van der Waals surface area contributed by atoms with Crippen molar-refractivity contribution in [3.8, 4) is 0 Å². The van der Waals surface area contributed by atoms with E-state index in [2.05, 4.69) is 0 Å². The average Bonchev–Trinajstić information content (AvgIpc) is 2.61. The van der Waals surface area contributed by atoms with Crippen LogP contribution in [0.3, 0.4) is 0 Å². The van der Waals surface area contributed by atoms with Gasteiger partial charge in [-0.3, -0.25) is 19.3 Å². The number of thioether (sulfide) groups is 1. The zero-order valence-electron chi connectivity index (χ0n) is 11.7. The molecule has 1 aliphatic carbocycles. The Kier molecular flexibility index (Phi) is 5.07. The molecule has 1 heterocycles. The van der Waals surface area contributed by atoms with Crippen LogP contribution in [0.5, 0.6) is 0 Å². The standard InChI is InChI=1S/C14H21NO4S/c1-9(14(18)19)20-11-8-12(16)15(13(11)17)10-6-4-2-3-5-7-10/h9-11H,2-8H2,1H3,(H,18,19). The number of aliphatic carboxylic acids is 1. The summed E-state index contributed by atoms with van der Waals surface area (Å²) in [5.41, 5.74) is 0. The van der Waals surface area contributed by atoms with Gasteiger partial charge in [0.05, 0.1) is 5.25 Å². The molecule has 112 valence electrons. The molecule has 2 unspecified atom stereocenters. The van der Waals surface area contributed by atoms with Gasteiger partial charge in [-0.05, 0) is 19.8 Å². The molecule has 0 bridgehead atoms. The molecular formula is C14H21NO4S. The van der Waals surface area contributed by atoms with Crippen LogP contribution in [0.15, 0.2) is 0 Å². The van der Waals surface area contributed by atoms with Gasteiger partial charge in [0.2, 0.25) is 11.8 Å². The average molecular weight is 299 g/mol. The highest BCUT2D eigenvalue weighted by Gasteiger charge is 2.43. The van der Waals surface area contributed by atoms with Gasteiger partial charge < -0.3 is 5.11 Å². The summed E-state index contributed by atoms with van der Waals surface area (Å²) in [6.45, 7) is 1.55. The van der Waals surface area contributed by atoms with Crippen molar-refractivity contribution in [3.05, 3.63) is 0 Å². The summed E-state index contributed by atoms with van der Waals surface area (Å²) in [5.74, 6) is -1.25. The minimum atomic E-state index is -0.942. The summed E-state index contributed by atoms with van der Waals surface area (Å²) >= 11 is 1.09. The van der Waals surface area contributed by atoms with Gasteiger partial charge in [-0.2, -0.15) is 0 Å². The smallest absolute Gasteiger partial charge is 0.316 e. The maximum absolute atomic E-state index is 12.4. The Hall–Kier alpha value is -1.04. The molecule has 2 amide bonds. The number of amides is 2. The van der Waals surface area contributed by atoms with Crippen molar-refractivity contribution in [1.82, 2.24) is 4.90 Å². The predicted octanol–water partition coefficient (Wildman–Crippen LogP) is 2.04. The molecule has 6 heteroatoms. The molecule has 2 aliphatic rings. The van der Waals surface area contributed by atoms with Crippen LogP contribution in [0, 0.1) is 0 Å². The molecule has 5 nitrogen and oxygen atoms in total. The molecule has 20 heavy (non-hydrogen) atoms. The van der Waals surface area contributed by atoms with E-state index >= 15 is 0 Å². The lowest BCUT2D eigenvalue weighted by Crippen LogP contribution is -2.40. The summed E-state index contributed by atoms with van der Waals surface area (Å²) in [6.07, 6.45) is 6.39. The molecule has 1 saturated carbocycles. The van der Waals surface area contributed by atoms with Gasteiger partial charge in [0.25, 0.3) is 0 Å². The fourth-order valence-corrected chi connectivity index (χ4v) is 4.01. The molecule has 0 radical (unpaired) electrons. The number of imide groups is 1. The van der Waals surface area contributed by atoms with Crippen LogP contribution in [0.25, 0.3) is 0 Å². The maximum atomic E-state index is 12.4. The van der Waals surface area contributed by atoms with Crippen LogP contribution in [-0.2, 0) is 14.4 Å². The van der Waals surface area contributed by atoms with E-state index in [0.717, 1.165) is 37.4 Å². The maximum Gasteiger partial charge on any atom is 0.316 e. The normalized spacial score (nSPS) is 26.6. The third-order valence-corrected chi connectivity index (χ3v) is 5.35. The topological polar surface area (TPSA) is 74.7 Å². The first-order chi connectivity index (χ1) is 9.50. The van der Waals surface area contributed by atoms with E-state index in [4.69, 9.17) is 5.11 Å². The van der Waals surface area contributed by atoms with Gasteiger partial charge >= 0.3 is 5.97 Å². The van der Waals surface area contributed by atoms with Crippen LogP contribution in [0.4, 0.5) is 0 Å². The molecule has 0 aromatic heterocycles. The minimum Gasteiger partial charge on any atom is -0.480 e. The van der Waals surface area contributed by atoms with E-state index in [1.807, 2.05) is 0 Å². The van der Waals surface area contributed by atoms with Gasteiger partial charge in [-0.1, -0.05) is 25.7 Å². The van der Waals surface area contributed by atoms with E-state index in [0.29, 0.717) is 0 Å². The van der Waals surface area contributed by atoms with E-state index in [-0.39, 0.29) is 24.3 Å². The van der Waals surface area contributed by atoms with Gasteiger partial charge in [0.15, 0.2) is 0 Å². The van der Waals surface area contributed by atoms with Crippen molar-refractivity contribution >= 4 is 29.5 Å². The third kappa shape index (κ3) is 3.34. The van der Waals surface area contributed by atoms with E-state index in [1.54, 1.807) is 6.92 Å². The number of carbonyl (C=O) groups is 3. The number of hydrogen-bond donors (Lipinski definition) is 1. The van der Waals surface area contributed by atoms with Crippen molar-refractivity contribution in [3.63, 3.8) is 0 Å². The summed E-state index contributed by atoms with van der Waals surface area (Å²) in [7, 11) is 0. The molecule has 2 atom stereocenters. The number of carboxylic acids is 1. The second kappa shape index (κ2) is 6.61. The minimum absolute atomic E-state index is 0.0308. The van der Waals surface area contributed by atoms with Crippen molar-refractivity contribution in [2.24, 2.45) is 0 Å². The Morgan fingerprint density at radius 2 is 1.85 bits per heavy atom. The molecule has 0 aromatic rings. The highest BCUT2D eigenvalue weighted by atomic mass is 32.2. The van der Waals surface area contributed by atoms with Gasteiger partial charge in [-0.15, -0.1) is 11.8 Å². The van der Waals surface area contributed by atoms with Gasteiger partial charge in [0.1, 0.15) is 5.25 Å². The van der Waals surface area contributed by atoms with Crippen LogP contribution in [0.1, 0.15) is 51.9 Å². The lowest BCUT2D eigenvalue weighted by atomic mass is 10.1. The van der Waals surface area contributed by atoms with Crippen LogP contribution in [-0.4, -0.2) is 44.3 Å². The number of carboxylic acid groups (broad SMARTS) is 1. The Balaban J connectivity index is 2.02. The molecule has 2 fully saturated rings. The Morgan fingerprint density at radius 3 is 2.40 bits per heavy atom. The molecule has 1 aliphatic heterocycles. The van der Waals surface area contributed by atoms with Crippen molar-refractivity contribution in [1.29, 1.82) is 0 Å². The lowest BCUT2D eigenvalue weighted by molar-refractivity contribution is -0.141. The van der Waals surface area contributed by atoms with Crippen molar-refractivity contribution in [2.45, 2.75) is 68.4 Å². The second-order valence-electron chi connectivity index (χ2n) is 5.56. The first-order valence-electron chi connectivity index (χ1n) is 7.25. The first-order valence-corrected chi connectivity index (χ1v) is 8.19. The fraction of sp³-hybridized carbons (Fsp3) is 0.786. The van der Waals surface area contributed by atoms with Crippen molar-refractivity contribution < 1.29 is 19.5 Å². The molecule has 2 rings (SSSR count). The van der Waals surface area contributed by atoms with Crippen LogP contribution >= 0.6 is 11.8 Å². The first kappa shape index (κ1) is 15.4. The van der Waals surface area contributed by atoms with E-state index in [9.17, 15) is 14.4 Å². The largest absolute Gasteiger partial charge is 0.480 e. The molecule has 0 aromatic carbocycles. The third-order valence-electron chi connectivity index (χ3n) is 4.05. The zero-order valence-corrected chi connectivity index (χ0v) is 12.5. The van der Waals surface area contributed by atoms with Crippen LogP contribution < -0.4 is 0 Å². The summed E-state index contributed by atoms with van der Waals surface area (Å²) in [4.78, 5) is 36.8. The summed E-state index contributed by atoms with van der Waals surface area (Å²) in [6, 6.07) is 0.0308. The summed E-state index contributed by atoms with van der Waals surface area (Å²) < 4.78 is 0. The number of hydrogen-bond acceptors (Lipinski definition) is 4. The molecule has 1 N–H and O–H groups in total. The quantitative estimate of drug-likeness (QED) is 0.635. The second-order valence-corrected chi connectivity index (χ2v) is 7.10. The van der Waals surface area contributed by atoms with Crippen molar-refractivity contribution in [2.75, 3.05) is 0 Å². The highest BCUT2D eigenvalue weighted by molar-refractivity contribution is 8.01. The number of nitrogens with zero attached hydrogens (tertiary/aromatic N) is 1. The Morgan fingerprint density at radius 1 is 1.25 bits per heavy atom. The SMILES string of the molecule is CC(SC1CC(=O)N(C2CCCCCC2)C1=O)C(=O)O. The fourth-order valence-electron chi connectivity index (χ4n) is 2.93.